The van der Waals surface area contributed by atoms with Gasteiger partial charge >= 0.3 is 6.18 Å². The van der Waals surface area contributed by atoms with Crippen LogP contribution < -0.4 is 5.32 Å². The van der Waals surface area contributed by atoms with Crippen LogP contribution in [-0.2, 0) is 15.7 Å². The van der Waals surface area contributed by atoms with E-state index in [1.807, 2.05) is 7.05 Å². The second kappa shape index (κ2) is 9.82. The summed E-state index contributed by atoms with van der Waals surface area (Å²) in [5.74, 6) is -0.0149. The molecule has 8 nitrogen and oxygen atoms in total. The summed E-state index contributed by atoms with van der Waals surface area (Å²) in [7, 11) is 2.02. The number of piperazine rings is 1. The lowest BCUT2D eigenvalue weighted by Crippen LogP contribution is -2.48. The predicted octanol–water partition coefficient (Wildman–Crippen LogP) is 3.13. The number of amides is 1. The fourth-order valence-electron chi connectivity index (χ4n) is 3.96. The summed E-state index contributed by atoms with van der Waals surface area (Å²) in [6.07, 6.45) is -2.14. The number of nitro benzene ring substituents is 1. The molecule has 1 aromatic rings. The first-order valence-corrected chi connectivity index (χ1v) is 10.3. The van der Waals surface area contributed by atoms with Crippen molar-refractivity contribution in [2.24, 2.45) is 0 Å². The van der Waals surface area contributed by atoms with Gasteiger partial charge < -0.3 is 19.9 Å². The van der Waals surface area contributed by atoms with E-state index in [4.69, 9.17) is 4.74 Å². The molecule has 1 aromatic carbocycles. The monoisotopic (exact) mass is 444 g/mol. The Morgan fingerprint density at radius 2 is 1.84 bits per heavy atom. The lowest BCUT2D eigenvalue weighted by atomic mass is 9.92. The van der Waals surface area contributed by atoms with Gasteiger partial charge in [-0.2, -0.15) is 13.2 Å². The lowest BCUT2D eigenvalue weighted by Gasteiger charge is -2.33. The fraction of sp³-hybridized carbons (Fsp3) is 0.650. The Hall–Kier alpha value is -2.40. The third-order valence-electron chi connectivity index (χ3n) is 5.84. The SMILES string of the molecule is CN1CCN(C(=O)CO[C@H]2CC[C@H](Nc3ccc([N+](=O)[O-])c(C(F)(F)F)c3)CC2)CC1. The molecule has 0 atom stereocenters. The highest BCUT2D eigenvalue weighted by atomic mass is 19.4. The summed E-state index contributed by atoms with van der Waals surface area (Å²) in [5, 5.41) is 13.9. The third kappa shape index (κ3) is 6.30. The number of hydrogen-bond acceptors (Lipinski definition) is 6. The zero-order valence-electron chi connectivity index (χ0n) is 17.4. The van der Waals surface area contributed by atoms with Crippen LogP contribution in [0, 0.1) is 10.1 Å². The number of halogens is 3. The van der Waals surface area contributed by atoms with Crippen molar-refractivity contribution in [1.82, 2.24) is 9.80 Å². The molecule has 0 radical (unpaired) electrons. The van der Waals surface area contributed by atoms with Gasteiger partial charge in [-0.25, -0.2) is 0 Å². The summed E-state index contributed by atoms with van der Waals surface area (Å²) >= 11 is 0. The lowest BCUT2D eigenvalue weighted by molar-refractivity contribution is -0.388. The smallest absolute Gasteiger partial charge is 0.382 e. The number of hydrogen-bond donors (Lipinski definition) is 1. The van der Waals surface area contributed by atoms with Crippen LogP contribution in [0.4, 0.5) is 24.5 Å². The molecule has 1 heterocycles. The second-order valence-electron chi connectivity index (χ2n) is 8.10. The van der Waals surface area contributed by atoms with Crippen LogP contribution in [0.3, 0.4) is 0 Å². The standard InChI is InChI=1S/C20H27F3N4O4/c1-25-8-10-26(11-9-25)19(28)13-31-16-5-2-14(3-6-16)24-15-4-7-18(27(29)30)17(12-15)20(21,22)23/h4,7,12,14,16,24H,2-3,5-6,8-11,13H2,1H3/t14-,16-. The maximum atomic E-state index is 13.1. The fourth-order valence-corrected chi connectivity index (χ4v) is 3.96. The Kier molecular flexibility index (Phi) is 7.37. The van der Waals surface area contributed by atoms with Crippen molar-refractivity contribution >= 4 is 17.3 Å². The van der Waals surface area contributed by atoms with Crippen molar-refractivity contribution in [2.45, 2.75) is 44.0 Å². The normalized spacial score (nSPS) is 22.9. The Labute approximate surface area is 178 Å². The third-order valence-corrected chi connectivity index (χ3v) is 5.84. The quantitative estimate of drug-likeness (QED) is 0.536. The van der Waals surface area contributed by atoms with Crippen LogP contribution in [0.1, 0.15) is 31.2 Å². The first-order chi connectivity index (χ1) is 14.6. The van der Waals surface area contributed by atoms with E-state index in [1.54, 1.807) is 4.90 Å². The molecule has 1 amide bonds. The van der Waals surface area contributed by atoms with Crippen LogP contribution in [-0.4, -0.2) is 72.6 Å². The average molecular weight is 444 g/mol. The van der Waals surface area contributed by atoms with E-state index in [9.17, 15) is 28.1 Å². The second-order valence-corrected chi connectivity index (χ2v) is 8.10. The summed E-state index contributed by atoms with van der Waals surface area (Å²) in [4.78, 5) is 26.1. The molecule has 1 aliphatic heterocycles. The molecule has 1 saturated heterocycles. The highest BCUT2D eigenvalue weighted by Gasteiger charge is 2.38. The molecule has 3 rings (SSSR count). The van der Waals surface area contributed by atoms with Gasteiger partial charge in [0.25, 0.3) is 5.69 Å². The van der Waals surface area contributed by atoms with Gasteiger partial charge in [0.2, 0.25) is 5.91 Å². The van der Waals surface area contributed by atoms with E-state index >= 15 is 0 Å². The summed E-state index contributed by atoms with van der Waals surface area (Å²) in [6, 6.07) is 2.90. The molecule has 2 aliphatic rings. The number of likely N-dealkylation sites (N-methyl/N-ethyl adjacent to an activating group) is 1. The van der Waals surface area contributed by atoms with Gasteiger partial charge in [0, 0.05) is 44.0 Å². The highest BCUT2D eigenvalue weighted by molar-refractivity contribution is 5.77. The molecular weight excluding hydrogens is 417 g/mol. The topological polar surface area (TPSA) is 88.0 Å². The maximum absolute atomic E-state index is 13.1. The Morgan fingerprint density at radius 1 is 1.19 bits per heavy atom. The summed E-state index contributed by atoms with van der Waals surface area (Å²) < 4.78 is 45.2. The number of nitro groups is 1. The van der Waals surface area contributed by atoms with E-state index in [1.165, 1.54) is 6.07 Å². The summed E-state index contributed by atoms with van der Waals surface area (Å²) in [5.41, 5.74) is -2.02. The first-order valence-electron chi connectivity index (χ1n) is 10.3. The van der Waals surface area contributed by atoms with Crippen LogP contribution in [0.25, 0.3) is 0 Å². The van der Waals surface area contributed by atoms with Crippen LogP contribution in [0.5, 0.6) is 0 Å². The highest BCUT2D eigenvalue weighted by Crippen LogP contribution is 2.38. The number of ether oxygens (including phenoxy) is 1. The Morgan fingerprint density at radius 3 is 2.42 bits per heavy atom. The van der Waals surface area contributed by atoms with Crippen LogP contribution >= 0.6 is 0 Å². The molecular formula is C20H27F3N4O4. The van der Waals surface area contributed by atoms with Gasteiger partial charge in [-0.15, -0.1) is 0 Å². The molecule has 172 valence electrons. The minimum atomic E-state index is -4.80. The minimum absolute atomic E-state index is 0.0149. The van der Waals surface area contributed by atoms with Crippen molar-refractivity contribution < 1.29 is 27.6 Å². The van der Waals surface area contributed by atoms with Crippen LogP contribution in [0.2, 0.25) is 0 Å². The molecule has 0 spiro atoms. The van der Waals surface area contributed by atoms with Gasteiger partial charge in [0.05, 0.1) is 11.0 Å². The number of benzene rings is 1. The number of carbonyl (C=O) groups is 1. The number of nitrogens with one attached hydrogen (secondary N) is 1. The van der Waals surface area contributed by atoms with Crippen LogP contribution in [0.15, 0.2) is 18.2 Å². The molecule has 1 aliphatic carbocycles. The van der Waals surface area contributed by atoms with E-state index in [0.29, 0.717) is 38.8 Å². The minimum Gasteiger partial charge on any atom is -0.382 e. The molecule has 31 heavy (non-hydrogen) atoms. The van der Waals surface area contributed by atoms with Crippen molar-refractivity contribution in [3.63, 3.8) is 0 Å². The molecule has 0 bridgehead atoms. The Bertz CT molecular complexity index is 789. The molecule has 0 aromatic heterocycles. The number of rotatable bonds is 6. The van der Waals surface area contributed by atoms with Crippen molar-refractivity contribution in [1.29, 1.82) is 0 Å². The molecule has 2 fully saturated rings. The zero-order chi connectivity index (χ0) is 22.6. The van der Waals surface area contributed by atoms with Crippen molar-refractivity contribution in [3.05, 3.63) is 33.9 Å². The van der Waals surface area contributed by atoms with Crippen molar-refractivity contribution in [3.8, 4) is 0 Å². The number of nitrogens with zero attached hydrogens (tertiary/aromatic N) is 3. The van der Waals surface area contributed by atoms with Crippen molar-refractivity contribution in [2.75, 3.05) is 45.2 Å². The number of anilines is 1. The van der Waals surface area contributed by atoms with E-state index in [2.05, 4.69) is 10.2 Å². The molecule has 1 N–H and O–H groups in total. The molecule has 0 unspecified atom stereocenters. The largest absolute Gasteiger partial charge is 0.423 e. The van der Waals surface area contributed by atoms with Gasteiger partial charge in [0.15, 0.2) is 0 Å². The molecule has 1 saturated carbocycles. The van der Waals surface area contributed by atoms with Gasteiger partial charge in [0.1, 0.15) is 12.2 Å². The number of carbonyl (C=O) groups excluding carboxylic acids is 1. The average Bonchev–Trinajstić information content (AvgIpc) is 2.72. The predicted molar refractivity (Wildman–Crippen MR) is 108 cm³/mol. The van der Waals surface area contributed by atoms with Gasteiger partial charge in [-0.3, -0.25) is 14.9 Å². The van der Waals surface area contributed by atoms with E-state index in [-0.39, 0.29) is 30.3 Å². The summed E-state index contributed by atoms with van der Waals surface area (Å²) in [6.45, 7) is 3.14. The van der Waals surface area contributed by atoms with Gasteiger partial charge in [-0.1, -0.05) is 0 Å². The van der Waals surface area contributed by atoms with E-state index < -0.39 is 22.4 Å². The first kappa shape index (κ1) is 23.3. The molecule has 11 heteroatoms. The maximum Gasteiger partial charge on any atom is 0.423 e. The zero-order valence-corrected chi connectivity index (χ0v) is 17.4. The number of alkyl halides is 3. The Balaban J connectivity index is 1.47. The van der Waals surface area contributed by atoms with E-state index in [0.717, 1.165) is 25.2 Å². The van der Waals surface area contributed by atoms with Gasteiger partial charge in [-0.05, 0) is 44.9 Å².